The molecule has 0 spiro atoms. The van der Waals surface area contributed by atoms with E-state index in [0.29, 0.717) is 5.69 Å². The molecule has 0 aliphatic heterocycles. The van der Waals surface area contributed by atoms with Crippen LogP contribution in [-0.4, -0.2) is 33.4 Å². The van der Waals surface area contributed by atoms with E-state index >= 15 is 0 Å². The van der Waals surface area contributed by atoms with Gasteiger partial charge in [0.05, 0.1) is 11.9 Å². The quantitative estimate of drug-likeness (QED) is 0.748. The molecule has 1 N–H and O–H groups in total. The molecule has 1 amide bonds. The van der Waals surface area contributed by atoms with E-state index in [-0.39, 0.29) is 18.9 Å². The van der Waals surface area contributed by atoms with Gasteiger partial charge in [-0.25, -0.2) is 12.8 Å². The van der Waals surface area contributed by atoms with Gasteiger partial charge in [0, 0.05) is 11.4 Å². The third-order valence-electron chi connectivity index (χ3n) is 3.43. The number of nitrogens with zero attached hydrogens (tertiary/aromatic N) is 1. The lowest BCUT2D eigenvalue weighted by Gasteiger charge is -2.22. The lowest BCUT2D eigenvalue weighted by atomic mass is 10.2. The first kappa shape index (κ1) is 19.3. The van der Waals surface area contributed by atoms with Crippen LogP contribution >= 0.6 is 11.8 Å². The van der Waals surface area contributed by atoms with Crippen LogP contribution in [0.25, 0.3) is 0 Å². The molecule has 0 saturated carbocycles. The van der Waals surface area contributed by atoms with Gasteiger partial charge in [-0.05, 0) is 42.2 Å². The lowest BCUT2D eigenvalue weighted by molar-refractivity contribution is -0.119. The molecule has 0 aliphatic carbocycles. The summed E-state index contributed by atoms with van der Waals surface area (Å²) in [6.45, 7) is -0.126. The first-order chi connectivity index (χ1) is 11.8. The van der Waals surface area contributed by atoms with Gasteiger partial charge >= 0.3 is 0 Å². The molecule has 0 aromatic heterocycles. The normalized spacial score (nSPS) is 11.2. The van der Waals surface area contributed by atoms with Crippen LogP contribution in [0.15, 0.2) is 53.4 Å². The average molecular weight is 382 g/mol. The number of hydrogen-bond donors (Lipinski definition) is 1. The number of sulfonamides is 1. The summed E-state index contributed by atoms with van der Waals surface area (Å²) in [5.41, 5.74) is 1.16. The van der Waals surface area contributed by atoms with Crippen molar-refractivity contribution >= 4 is 33.4 Å². The molecule has 0 bridgehead atoms. The van der Waals surface area contributed by atoms with Crippen molar-refractivity contribution in [3.63, 3.8) is 0 Å². The van der Waals surface area contributed by atoms with E-state index in [4.69, 9.17) is 0 Å². The van der Waals surface area contributed by atoms with Crippen molar-refractivity contribution in [2.75, 3.05) is 23.4 Å². The van der Waals surface area contributed by atoms with Crippen molar-refractivity contribution < 1.29 is 17.6 Å². The number of nitrogens with one attached hydrogen (secondary N) is 1. The van der Waals surface area contributed by atoms with Gasteiger partial charge in [-0.2, -0.15) is 0 Å². The van der Waals surface area contributed by atoms with Gasteiger partial charge < -0.3 is 5.32 Å². The topological polar surface area (TPSA) is 66.5 Å². The van der Waals surface area contributed by atoms with Gasteiger partial charge in [0.15, 0.2) is 0 Å². The van der Waals surface area contributed by atoms with Crippen molar-refractivity contribution in [3.8, 4) is 0 Å². The summed E-state index contributed by atoms with van der Waals surface area (Å²) in [6.07, 6.45) is 2.95. The Balaban J connectivity index is 2.08. The van der Waals surface area contributed by atoms with Crippen LogP contribution in [0.5, 0.6) is 0 Å². The molecule has 0 fully saturated rings. The fraction of sp³-hybridized carbons (Fsp3) is 0.235. The second kappa shape index (κ2) is 8.35. The maximum Gasteiger partial charge on any atom is 0.241 e. The van der Waals surface area contributed by atoms with Crippen molar-refractivity contribution in [1.29, 1.82) is 0 Å². The Kier molecular flexibility index (Phi) is 6.44. The highest BCUT2D eigenvalue weighted by Gasteiger charge is 2.21. The third-order valence-corrected chi connectivity index (χ3v) is 5.30. The summed E-state index contributed by atoms with van der Waals surface area (Å²) in [6, 6.07) is 12.7. The summed E-state index contributed by atoms with van der Waals surface area (Å²) in [5.74, 6) is -0.795. The fourth-order valence-corrected chi connectivity index (χ4v) is 3.46. The molecule has 0 aliphatic rings. The number of carbonyl (C=O) groups is 1. The number of rotatable bonds is 7. The highest BCUT2D eigenvalue weighted by Crippen LogP contribution is 2.23. The average Bonchev–Trinajstić information content (AvgIpc) is 2.58. The van der Waals surface area contributed by atoms with Crippen LogP contribution in [0.1, 0.15) is 5.56 Å². The van der Waals surface area contributed by atoms with Crippen LogP contribution in [0, 0.1) is 5.82 Å². The first-order valence-corrected chi connectivity index (χ1v) is 10.5. The van der Waals surface area contributed by atoms with E-state index < -0.39 is 15.9 Å². The standard InChI is InChI=1S/C17H19FN2O3S2/c1-24-16-5-3-4-15(10-16)20(25(2,22)23)12-17(21)19-11-13-6-8-14(18)9-7-13/h3-10H,11-12H2,1-2H3,(H,19,21). The highest BCUT2D eigenvalue weighted by molar-refractivity contribution is 7.98. The minimum Gasteiger partial charge on any atom is -0.350 e. The van der Waals surface area contributed by atoms with E-state index in [1.54, 1.807) is 30.3 Å². The number of amides is 1. The van der Waals surface area contributed by atoms with Crippen molar-refractivity contribution in [2.45, 2.75) is 11.4 Å². The van der Waals surface area contributed by atoms with Crippen LogP contribution < -0.4 is 9.62 Å². The predicted octanol–water partition coefficient (Wildman–Crippen LogP) is 2.63. The molecule has 2 aromatic carbocycles. The number of thioether (sulfide) groups is 1. The maximum atomic E-state index is 12.9. The molecule has 0 heterocycles. The van der Waals surface area contributed by atoms with E-state index in [2.05, 4.69) is 5.32 Å². The van der Waals surface area contributed by atoms with Gasteiger partial charge in [-0.1, -0.05) is 18.2 Å². The molecule has 8 heteroatoms. The number of benzene rings is 2. The van der Waals surface area contributed by atoms with Crippen LogP contribution in [-0.2, 0) is 21.4 Å². The third kappa shape index (κ3) is 5.75. The van der Waals surface area contributed by atoms with Gasteiger partial charge in [0.2, 0.25) is 15.9 Å². The number of hydrogen-bond acceptors (Lipinski definition) is 4. The summed E-state index contributed by atoms with van der Waals surface area (Å²) in [5, 5.41) is 2.65. The number of anilines is 1. The second-order valence-electron chi connectivity index (χ2n) is 5.37. The summed E-state index contributed by atoms with van der Waals surface area (Å²) in [7, 11) is -3.61. The summed E-state index contributed by atoms with van der Waals surface area (Å²) >= 11 is 1.49. The second-order valence-corrected chi connectivity index (χ2v) is 8.16. The zero-order chi connectivity index (χ0) is 18.4. The molecule has 0 radical (unpaired) electrons. The Bertz CT molecular complexity index is 839. The minimum absolute atomic E-state index is 0.196. The van der Waals surface area contributed by atoms with E-state index in [1.165, 1.54) is 23.9 Å². The Morgan fingerprint density at radius 2 is 1.88 bits per heavy atom. The fourth-order valence-electron chi connectivity index (χ4n) is 2.15. The molecule has 134 valence electrons. The zero-order valence-electron chi connectivity index (χ0n) is 13.9. The largest absolute Gasteiger partial charge is 0.350 e. The van der Waals surface area contributed by atoms with E-state index in [0.717, 1.165) is 21.0 Å². The van der Waals surface area contributed by atoms with E-state index in [9.17, 15) is 17.6 Å². The SMILES string of the molecule is CSc1cccc(N(CC(=O)NCc2ccc(F)cc2)S(C)(=O)=O)c1. The first-order valence-electron chi connectivity index (χ1n) is 7.42. The highest BCUT2D eigenvalue weighted by atomic mass is 32.2. The van der Waals surface area contributed by atoms with Crippen LogP contribution in [0.3, 0.4) is 0 Å². The maximum absolute atomic E-state index is 12.9. The van der Waals surface area contributed by atoms with Gasteiger partial charge in [0.25, 0.3) is 0 Å². The van der Waals surface area contributed by atoms with Crippen molar-refractivity contribution in [3.05, 3.63) is 59.9 Å². The molecule has 0 saturated heterocycles. The van der Waals surface area contributed by atoms with Crippen LogP contribution in [0.4, 0.5) is 10.1 Å². The van der Waals surface area contributed by atoms with E-state index in [1.807, 2.05) is 12.3 Å². The van der Waals surface area contributed by atoms with Crippen LogP contribution in [0.2, 0.25) is 0 Å². The molecule has 2 aromatic rings. The predicted molar refractivity (Wildman–Crippen MR) is 98.7 cm³/mol. The number of carbonyl (C=O) groups excluding carboxylic acids is 1. The molecular weight excluding hydrogens is 363 g/mol. The molecule has 2 rings (SSSR count). The Hall–Kier alpha value is -2.06. The lowest BCUT2D eigenvalue weighted by Crippen LogP contribution is -2.40. The Morgan fingerprint density at radius 3 is 2.48 bits per heavy atom. The molecule has 0 unspecified atom stereocenters. The molecule has 5 nitrogen and oxygen atoms in total. The number of halogens is 1. The summed E-state index contributed by atoms with van der Waals surface area (Å²) in [4.78, 5) is 13.1. The molecular formula is C17H19FN2O3S2. The van der Waals surface area contributed by atoms with Gasteiger partial charge in [-0.3, -0.25) is 9.10 Å². The smallest absolute Gasteiger partial charge is 0.241 e. The van der Waals surface area contributed by atoms with Crippen molar-refractivity contribution in [2.24, 2.45) is 0 Å². The van der Waals surface area contributed by atoms with Gasteiger partial charge in [0.1, 0.15) is 12.4 Å². The Morgan fingerprint density at radius 1 is 1.20 bits per heavy atom. The van der Waals surface area contributed by atoms with Crippen molar-refractivity contribution in [1.82, 2.24) is 5.32 Å². The monoisotopic (exact) mass is 382 g/mol. The Labute approximate surface area is 151 Å². The zero-order valence-corrected chi connectivity index (χ0v) is 15.5. The molecule has 0 atom stereocenters. The summed E-state index contributed by atoms with van der Waals surface area (Å²) < 4.78 is 38.1. The minimum atomic E-state index is -3.61. The van der Waals surface area contributed by atoms with Gasteiger partial charge in [-0.15, -0.1) is 11.8 Å². The molecule has 25 heavy (non-hydrogen) atoms.